The van der Waals surface area contributed by atoms with Crippen molar-refractivity contribution in [3.8, 4) is 5.75 Å². The van der Waals surface area contributed by atoms with Gasteiger partial charge in [-0.05, 0) is 61.1 Å². The molecule has 20 heavy (non-hydrogen) atoms. The zero-order chi connectivity index (χ0) is 13.7. The Morgan fingerprint density at radius 3 is 2.95 bits per heavy atom. The van der Waals surface area contributed by atoms with Gasteiger partial charge in [0.25, 0.3) is 0 Å². The third-order valence-corrected chi connectivity index (χ3v) is 6.30. The molecule has 3 heteroatoms. The van der Waals surface area contributed by atoms with E-state index in [-0.39, 0.29) is 17.3 Å². The molecule has 2 aliphatic carbocycles. The fraction of sp³-hybridized carbons (Fsp3) is 0.647. The van der Waals surface area contributed by atoms with Crippen LogP contribution in [0.3, 0.4) is 0 Å². The molecule has 4 unspecified atom stereocenters. The van der Waals surface area contributed by atoms with Crippen molar-refractivity contribution in [3.63, 3.8) is 0 Å². The van der Waals surface area contributed by atoms with Gasteiger partial charge in [-0.1, -0.05) is 6.42 Å². The Hall–Kier alpha value is -0.760. The molecular formula is C17H20ClFO. The topological polar surface area (TPSA) is 9.23 Å². The van der Waals surface area contributed by atoms with E-state index in [4.69, 9.17) is 16.3 Å². The Morgan fingerprint density at radius 2 is 2.25 bits per heavy atom. The molecule has 1 aromatic carbocycles. The number of fused-ring (bicyclic) bond motifs is 3. The summed E-state index contributed by atoms with van der Waals surface area (Å²) in [7, 11) is 0. The van der Waals surface area contributed by atoms with Crippen molar-refractivity contribution in [3.05, 3.63) is 29.6 Å². The van der Waals surface area contributed by atoms with Crippen molar-refractivity contribution < 1.29 is 9.13 Å². The quantitative estimate of drug-likeness (QED) is 0.742. The predicted molar refractivity (Wildman–Crippen MR) is 77.7 cm³/mol. The number of hydrogen-bond acceptors (Lipinski definition) is 1. The molecule has 4 atom stereocenters. The molecule has 0 N–H and O–H groups in total. The molecule has 1 nitrogen and oxygen atoms in total. The van der Waals surface area contributed by atoms with Crippen LogP contribution in [0.2, 0.25) is 0 Å². The molecule has 1 aromatic rings. The van der Waals surface area contributed by atoms with Crippen molar-refractivity contribution in [2.75, 3.05) is 5.88 Å². The van der Waals surface area contributed by atoms with Gasteiger partial charge in [0.15, 0.2) is 0 Å². The van der Waals surface area contributed by atoms with E-state index in [2.05, 4.69) is 0 Å². The van der Waals surface area contributed by atoms with Crippen LogP contribution in [0.1, 0.15) is 37.7 Å². The van der Waals surface area contributed by atoms with E-state index in [0.29, 0.717) is 0 Å². The third kappa shape index (κ3) is 1.95. The summed E-state index contributed by atoms with van der Waals surface area (Å²) in [4.78, 5) is 0. The molecule has 108 valence electrons. The Bertz CT molecular complexity index is 532. The minimum atomic E-state index is -0.167. The molecule has 0 spiro atoms. The number of rotatable bonds is 3. The summed E-state index contributed by atoms with van der Waals surface area (Å²) in [6.07, 6.45) is 7.42. The number of ether oxygens (including phenoxy) is 1. The normalized spacial score (nSPS) is 38.0. The second-order valence-corrected chi connectivity index (χ2v) is 7.24. The summed E-state index contributed by atoms with van der Waals surface area (Å²) in [5.41, 5.74) is 1.29. The maximum atomic E-state index is 13.3. The molecule has 1 heterocycles. The Kier molecular flexibility index (Phi) is 2.99. The van der Waals surface area contributed by atoms with Gasteiger partial charge >= 0.3 is 0 Å². The van der Waals surface area contributed by atoms with Crippen molar-refractivity contribution in [2.45, 2.75) is 44.6 Å². The number of halogens is 2. The summed E-state index contributed by atoms with van der Waals surface area (Å²) in [6, 6.07) is 4.86. The summed E-state index contributed by atoms with van der Waals surface area (Å²) >= 11 is 6.36. The van der Waals surface area contributed by atoms with Crippen LogP contribution in [-0.2, 0) is 6.42 Å². The highest BCUT2D eigenvalue weighted by Crippen LogP contribution is 2.59. The van der Waals surface area contributed by atoms with Crippen LogP contribution in [0.4, 0.5) is 4.39 Å². The number of hydrogen-bond donors (Lipinski definition) is 0. The van der Waals surface area contributed by atoms with Crippen LogP contribution >= 0.6 is 11.6 Å². The molecule has 3 aliphatic rings. The first-order chi connectivity index (χ1) is 9.68. The zero-order valence-corrected chi connectivity index (χ0v) is 12.3. The first kappa shape index (κ1) is 12.9. The Balaban J connectivity index is 1.51. The molecule has 2 saturated carbocycles. The van der Waals surface area contributed by atoms with Gasteiger partial charge < -0.3 is 4.74 Å². The lowest BCUT2D eigenvalue weighted by atomic mass is 9.71. The van der Waals surface area contributed by atoms with E-state index in [1.54, 1.807) is 12.1 Å². The number of benzene rings is 1. The fourth-order valence-electron chi connectivity index (χ4n) is 4.88. The van der Waals surface area contributed by atoms with Crippen molar-refractivity contribution in [1.29, 1.82) is 0 Å². The second kappa shape index (κ2) is 4.62. The monoisotopic (exact) mass is 294 g/mol. The smallest absolute Gasteiger partial charge is 0.123 e. The molecule has 0 radical (unpaired) electrons. The summed E-state index contributed by atoms with van der Waals surface area (Å²) in [5.74, 6) is 3.12. The SMILES string of the molecule is Fc1ccc2c(c1)CC(CC1(CCl)CC3CCC1C3)O2. The molecule has 2 bridgehead atoms. The van der Waals surface area contributed by atoms with E-state index >= 15 is 0 Å². The molecule has 2 fully saturated rings. The fourth-order valence-corrected chi connectivity index (χ4v) is 5.32. The molecular weight excluding hydrogens is 275 g/mol. The van der Waals surface area contributed by atoms with Crippen LogP contribution in [0, 0.1) is 23.1 Å². The average Bonchev–Trinajstić information content (AvgIpc) is 3.11. The molecule has 4 rings (SSSR count). The van der Waals surface area contributed by atoms with Crippen LogP contribution < -0.4 is 4.74 Å². The lowest BCUT2D eigenvalue weighted by molar-refractivity contribution is 0.0997. The summed E-state index contributed by atoms with van der Waals surface area (Å²) in [5, 5.41) is 0. The van der Waals surface area contributed by atoms with Gasteiger partial charge in [-0.25, -0.2) is 4.39 Å². The average molecular weight is 295 g/mol. The van der Waals surface area contributed by atoms with Gasteiger partial charge in [-0.3, -0.25) is 0 Å². The highest BCUT2D eigenvalue weighted by molar-refractivity contribution is 6.18. The molecule has 0 aromatic heterocycles. The van der Waals surface area contributed by atoms with E-state index in [1.165, 1.54) is 31.7 Å². The van der Waals surface area contributed by atoms with Gasteiger partial charge in [0.2, 0.25) is 0 Å². The maximum absolute atomic E-state index is 13.3. The lowest BCUT2D eigenvalue weighted by Gasteiger charge is -2.37. The van der Waals surface area contributed by atoms with Crippen LogP contribution in [0.15, 0.2) is 18.2 Å². The van der Waals surface area contributed by atoms with Gasteiger partial charge in [0.05, 0.1) is 0 Å². The van der Waals surface area contributed by atoms with E-state index < -0.39 is 0 Å². The van der Waals surface area contributed by atoms with Gasteiger partial charge in [0.1, 0.15) is 17.7 Å². The summed E-state index contributed by atoms with van der Waals surface area (Å²) in [6.45, 7) is 0. The Morgan fingerprint density at radius 1 is 1.35 bits per heavy atom. The van der Waals surface area contributed by atoms with Crippen molar-refractivity contribution in [2.24, 2.45) is 17.3 Å². The van der Waals surface area contributed by atoms with E-state index in [0.717, 1.165) is 41.9 Å². The standard InChI is InChI=1S/C17H20ClFO/c18-10-17(8-11-1-2-13(17)5-11)9-15-7-12-6-14(19)3-4-16(12)20-15/h3-4,6,11,13,15H,1-2,5,7-10H2. The minimum Gasteiger partial charge on any atom is -0.490 e. The van der Waals surface area contributed by atoms with Crippen LogP contribution in [0.25, 0.3) is 0 Å². The first-order valence-corrected chi connectivity index (χ1v) is 8.23. The molecule has 0 saturated heterocycles. The van der Waals surface area contributed by atoms with Gasteiger partial charge in [-0.2, -0.15) is 0 Å². The Labute approximate surface area is 124 Å². The van der Waals surface area contributed by atoms with Crippen molar-refractivity contribution >= 4 is 11.6 Å². The predicted octanol–water partition coefficient (Wildman–Crippen LogP) is 4.56. The van der Waals surface area contributed by atoms with E-state index in [1.807, 2.05) is 0 Å². The molecule has 1 aliphatic heterocycles. The third-order valence-electron chi connectivity index (χ3n) is 5.77. The highest BCUT2D eigenvalue weighted by Gasteiger charge is 2.51. The van der Waals surface area contributed by atoms with Gasteiger partial charge in [0, 0.05) is 17.9 Å². The highest BCUT2D eigenvalue weighted by atomic mass is 35.5. The lowest BCUT2D eigenvalue weighted by Crippen LogP contribution is -2.35. The van der Waals surface area contributed by atoms with Crippen LogP contribution in [-0.4, -0.2) is 12.0 Å². The number of alkyl halides is 1. The van der Waals surface area contributed by atoms with E-state index in [9.17, 15) is 4.39 Å². The van der Waals surface area contributed by atoms with Gasteiger partial charge in [-0.15, -0.1) is 11.6 Å². The largest absolute Gasteiger partial charge is 0.490 e. The minimum absolute atomic E-state index is 0.167. The van der Waals surface area contributed by atoms with Crippen molar-refractivity contribution in [1.82, 2.24) is 0 Å². The second-order valence-electron chi connectivity index (χ2n) is 6.98. The molecule has 0 amide bonds. The zero-order valence-electron chi connectivity index (χ0n) is 11.6. The summed E-state index contributed by atoms with van der Waals surface area (Å²) < 4.78 is 19.3. The maximum Gasteiger partial charge on any atom is 0.123 e. The first-order valence-electron chi connectivity index (χ1n) is 7.69. The van der Waals surface area contributed by atoms with Crippen LogP contribution in [0.5, 0.6) is 5.75 Å².